The van der Waals surface area contributed by atoms with Crippen LogP contribution >= 0.6 is 11.8 Å². The summed E-state index contributed by atoms with van der Waals surface area (Å²) >= 11 is 1.80. The number of amides is 1. The molecule has 3 nitrogen and oxygen atoms in total. The van der Waals surface area contributed by atoms with Gasteiger partial charge in [-0.05, 0) is 55.6 Å². The third kappa shape index (κ3) is 4.01. The minimum absolute atomic E-state index is 0.167. The molecule has 0 radical (unpaired) electrons. The predicted molar refractivity (Wildman–Crippen MR) is 88.8 cm³/mol. The fourth-order valence-corrected chi connectivity index (χ4v) is 4.36. The van der Waals surface area contributed by atoms with Crippen LogP contribution in [0.5, 0.6) is 0 Å². The third-order valence-electron chi connectivity index (χ3n) is 4.47. The van der Waals surface area contributed by atoms with Crippen LogP contribution in [0.4, 0.5) is 5.69 Å². The van der Waals surface area contributed by atoms with Gasteiger partial charge in [0, 0.05) is 29.1 Å². The van der Waals surface area contributed by atoms with Gasteiger partial charge in [-0.1, -0.05) is 13.0 Å². The summed E-state index contributed by atoms with van der Waals surface area (Å²) in [4.78, 5) is 13.5. The van der Waals surface area contributed by atoms with E-state index in [1.54, 1.807) is 11.8 Å². The van der Waals surface area contributed by atoms with E-state index in [0.29, 0.717) is 24.4 Å². The van der Waals surface area contributed by atoms with Gasteiger partial charge in [-0.2, -0.15) is 0 Å². The number of piperidine rings is 1. The van der Waals surface area contributed by atoms with E-state index in [0.717, 1.165) is 24.3 Å². The lowest BCUT2D eigenvalue weighted by molar-refractivity contribution is -0.117. The summed E-state index contributed by atoms with van der Waals surface area (Å²) in [7, 11) is 0. The van der Waals surface area contributed by atoms with E-state index in [9.17, 15) is 4.79 Å². The van der Waals surface area contributed by atoms with Crippen LogP contribution in [0, 0.1) is 5.92 Å². The normalized spacial score (nSPS) is 27.6. The van der Waals surface area contributed by atoms with Gasteiger partial charge in [0.05, 0.1) is 0 Å². The van der Waals surface area contributed by atoms with Crippen LogP contribution in [0.2, 0.25) is 0 Å². The number of carbonyl (C=O) groups excluding carboxylic acids is 1. The Balaban J connectivity index is 1.53. The summed E-state index contributed by atoms with van der Waals surface area (Å²) in [5.74, 6) is 1.77. The van der Waals surface area contributed by atoms with Crippen molar-refractivity contribution in [2.75, 3.05) is 11.1 Å². The Morgan fingerprint density at radius 1 is 1.33 bits per heavy atom. The predicted octanol–water partition coefficient (Wildman–Crippen LogP) is 3.66. The lowest BCUT2D eigenvalue weighted by atomic mass is 9.89. The second kappa shape index (κ2) is 6.84. The smallest absolute Gasteiger partial charge is 0.224 e. The number of hydrogen-bond acceptors (Lipinski definition) is 3. The third-order valence-corrected chi connectivity index (χ3v) is 5.35. The van der Waals surface area contributed by atoms with Crippen LogP contribution in [0.3, 0.4) is 0 Å². The van der Waals surface area contributed by atoms with Gasteiger partial charge < -0.3 is 10.6 Å². The standard InChI is InChI=1S/C17H24N2OS/c1-2-21-16-5-3-4-13(11-16)19-17(20)10-12-8-14-6-7-15(9-12)18-14/h3-5,11-12,14-15,18H,2,6-10H2,1H3,(H,19,20). The molecule has 1 aromatic carbocycles. The van der Waals surface area contributed by atoms with Crippen molar-refractivity contribution >= 4 is 23.4 Å². The van der Waals surface area contributed by atoms with Crippen molar-refractivity contribution < 1.29 is 4.79 Å². The van der Waals surface area contributed by atoms with Gasteiger partial charge in [0.1, 0.15) is 0 Å². The first-order valence-electron chi connectivity index (χ1n) is 8.01. The molecule has 0 aliphatic carbocycles. The fraction of sp³-hybridized carbons (Fsp3) is 0.588. The molecule has 114 valence electrons. The molecular weight excluding hydrogens is 280 g/mol. The maximum absolute atomic E-state index is 12.2. The maximum Gasteiger partial charge on any atom is 0.224 e. The van der Waals surface area contributed by atoms with Crippen LogP contribution in [-0.4, -0.2) is 23.7 Å². The van der Waals surface area contributed by atoms with E-state index in [-0.39, 0.29) is 5.91 Å². The van der Waals surface area contributed by atoms with Gasteiger partial charge in [0.25, 0.3) is 0 Å². The van der Waals surface area contributed by atoms with Crippen molar-refractivity contribution in [3.05, 3.63) is 24.3 Å². The van der Waals surface area contributed by atoms with Gasteiger partial charge in [0.2, 0.25) is 5.91 Å². The highest BCUT2D eigenvalue weighted by molar-refractivity contribution is 7.99. The van der Waals surface area contributed by atoms with Crippen molar-refractivity contribution in [2.45, 2.75) is 56.0 Å². The monoisotopic (exact) mass is 304 g/mol. The van der Waals surface area contributed by atoms with E-state index in [4.69, 9.17) is 0 Å². The Bertz CT molecular complexity index is 493. The SMILES string of the molecule is CCSc1cccc(NC(=O)CC2CC3CCC(C2)N3)c1. The molecule has 0 aromatic heterocycles. The van der Waals surface area contributed by atoms with Crippen LogP contribution in [0.15, 0.2) is 29.2 Å². The van der Waals surface area contributed by atoms with Crippen molar-refractivity contribution in [2.24, 2.45) is 5.92 Å². The molecular formula is C17H24N2OS. The highest BCUT2D eigenvalue weighted by Gasteiger charge is 2.34. The van der Waals surface area contributed by atoms with E-state index in [2.05, 4.69) is 29.7 Å². The molecule has 2 fully saturated rings. The largest absolute Gasteiger partial charge is 0.326 e. The molecule has 2 aliphatic rings. The van der Waals surface area contributed by atoms with Gasteiger partial charge >= 0.3 is 0 Å². The number of nitrogens with one attached hydrogen (secondary N) is 2. The second-order valence-electron chi connectivity index (χ2n) is 6.19. The summed E-state index contributed by atoms with van der Waals surface area (Å²) in [6.07, 6.45) is 5.57. The van der Waals surface area contributed by atoms with Crippen molar-refractivity contribution in [3.63, 3.8) is 0 Å². The number of carbonyl (C=O) groups is 1. The van der Waals surface area contributed by atoms with E-state index in [1.165, 1.54) is 17.7 Å². The fourth-order valence-electron chi connectivity index (χ4n) is 3.65. The van der Waals surface area contributed by atoms with Crippen LogP contribution < -0.4 is 10.6 Å². The van der Waals surface area contributed by atoms with Gasteiger partial charge in [-0.15, -0.1) is 11.8 Å². The Hall–Kier alpha value is -1.00. The summed E-state index contributed by atoms with van der Waals surface area (Å²) < 4.78 is 0. The highest BCUT2D eigenvalue weighted by atomic mass is 32.2. The highest BCUT2D eigenvalue weighted by Crippen LogP contribution is 2.32. The second-order valence-corrected chi connectivity index (χ2v) is 7.53. The zero-order valence-corrected chi connectivity index (χ0v) is 13.4. The number of hydrogen-bond donors (Lipinski definition) is 2. The van der Waals surface area contributed by atoms with E-state index < -0.39 is 0 Å². The van der Waals surface area contributed by atoms with Crippen molar-refractivity contribution in [1.82, 2.24) is 5.32 Å². The lowest BCUT2D eigenvalue weighted by Crippen LogP contribution is -2.39. The number of fused-ring (bicyclic) bond motifs is 2. The number of anilines is 1. The maximum atomic E-state index is 12.2. The molecule has 0 spiro atoms. The van der Waals surface area contributed by atoms with Gasteiger partial charge in [-0.25, -0.2) is 0 Å². The van der Waals surface area contributed by atoms with E-state index in [1.807, 2.05) is 12.1 Å². The molecule has 2 aliphatic heterocycles. The molecule has 2 saturated heterocycles. The summed E-state index contributed by atoms with van der Waals surface area (Å²) in [5, 5.41) is 6.70. The first-order valence-corrected chi connectivity index (χ1v) is 9.00. The van der Waals surface area contributed by atoms with Crippen LogP contribution in [-0.2, 0) is 4.79 Å². The number of benzene rings is 1. The van der Waals surface area contributed by atoms with Crippen molar-refractivity contribution in [3.8, 4) is 0 Å². The molecule has 2 N–H and O–H groups in total. The molecule has 4 heteroatoms. The van der Waals surface area contributed by atoms with Crippen LogP contribution in [0.1, 0.15) is 39.0 Å². The topological polar surface area (TPSA) is 41.1 Å². The number of thioether (sulfide) groups is 1. The Labute approximate surface area is 131 Å². The summed E-state index contributed by atoms with van der Waals surface area (Å²) in [6.45, 7) is 2.14. The molecule has 0 saturated carbocycles. The Morgan fingerprint density at radius 3 is 2.81 bits per heavy atom. The van der Waals surface area contributed by atoms with Gasteiger partial charge in [0.15, 0.2) is 0 Å². The Morgan fingerprint density at radius 2 is 2.10 bits per heavy atom. The summed E-state index contributed by atoms with van der Waals surface area (Å²) in [5.41, 5.74) is 0.926. The average Bonchev–Trinajstić information content (AvgIpc) is 2.78. The zero-order valence-electron chi connectivity index (χ0n) is 12.6. The van der Waals surface area contributed by atoms with Crippen LogP contribution in [0.25, 0.3) is 0 Å². The minimum Gasteiger partial charge on any atom is -0.326 e. The Kier molecular flexibility index (Phi) is 4.86. The molecule has 3 rings (SSSR count). The molecule has 21 heavy (non-hydrogen) atoms. The molecule has 1 aromatic rings. The van der Waals surface area contributed by atoms with Crippen molar-refractivity contribution in [1.29, 1.82) is 0 Å². The molecule has 2 unspecified atom stereocenters. The van der Waals surface area contributed by atoms with E-state index >= 15 is 0 Å². The first kappa shape index (κ1) is 14.9. The quantitative estimate of drug-likeness (QED) is 0.816. The number of rotatable bonds is 5. The average molecular weight is 304 g/mol. The summed E-state index contributed by atoms with van der Waals surface area (Å²) in [6, 6.07) is 9.46. The molecule has 2 bridgehead atoms. The molecule has 1 amide bonds. The minimum atomic E-state index is 0.167. The molecule has 2 heterocycles. The van der Waals surface area contributed by atoms with Gasteiger partial charge in [-0.3, -0.25) is 4.79 Å². The lowest BCUT2D eigenvalue weighted by Gasteiger charge is -2.28. The zero-order chi connectivity index (χ0) is 14.7. The molecule has 2 atom stereocenters. The first-order chi connectivity index (χ1) is 10.2.